The van der Waals surface area contributed by atoms with Gasteiger partial charge >= 0.3 is 0 Å². The van der Waals surface area contributed by atoms with E-state index in [2.05, 4.69) is 15.9 Å². The molecular formula is C11H12BrFN2O2S. The van der Waals surface area contributed by atoms with Crippen LogP contribution >= 0.6 is 15.9 Å². The van der Waals surface area contributed by atoms with Gasteiger partial charge in [0.05, 0.1) is 6.07 Å². The summed E-state index contributed by atoms with van der Waals surface area (Å²) in [5.41, 5.74) is 0. The SMILES string of the molecule is CC(C)N(CC#N)S(=O)(=O)c1ccc(Br)cc1F. The summed E-state index contributed by atoms with van der Waals surface area (Å²) in [7, 11) is -3.99. The Hall–Kier alpha value is -0.970. The largest absolute Gasteiger partial charge is 0.247 e. The Morgan fingerprint density at radius 3 is 2.56 bits per heavy atom. The van der Waals surface area contributed by atoms with Crippen LogP contribution in [-0.4, -0.2) is 25.3 Å². The third-order valence-electron chi connectivity index (χ3n) is 2.28. The van der Waals surface area contributed by atoms with Crippen molar-refractivity contribution in [2.24, 2.45) is 0 Å². The van der Waals surface area contributed by atoms with Crippen LogP contribution in [0.3, 0.4) is 0 Å². The third kappa shape index (κ3) is 3.07. The zero-order valence-corrected chi connectivity index (χ0v) is 12.3. The van der Waals surface area contributed by atoms with Crippen LogP contribution in [0.25, 0.3) is 0 Å². The van der Waals surface area contributed by atoms with E-state index in [1.165, 1.54) is 12.1 Å². The Morgan fingerprint density at radius 2 is 2.11 bits per heavy atom. The second-order valence-corrected chi connectivity index (χ2v) is 6.65. The fraction of sp³-hybridized carbons (Fsp3) is 0.364. The quantitative estimate of drug-likeness (QED) is 0.795. The van der Waals surface area contributed by atoms with Gasteiger partial charge in [0.15, 0.2) is 0 Å². The first kappa shape index (κ1) is 15.1. The van der Waals surface area contributed by atoms with Crippen molar-refractivity contribution in [1.29, 1.82) is 5.26 Å². The van der Waals surface area contributed by atoms with E-state index in [9.17, 15) is 12.8 Å². The lowest BCUT2D eigenvalue weighted by Crippen LogP contribution is -2.37. The van der Waals surface area contributed by atoms with Crippen molar-refractivity contribution >= 4 is 26.0 Å². The van der Waals surface area contributed by atoms with E-state index in [4.69, 9.17) is 5.26 Å². The smallest absolute Gasteiger partial charge is 0.207 e. The number of sulfonamides is 1. The van der Waals surface area contributed by atoms with Gasteiger partial charge < -0.3 is 0 Å². The zero-order valence-electron chi connectivity index (χ0n) is 9.89. The molecule has 0 unspecified atom stereocenters. The number of benzene rings is 1. The normalized spacial score (nSPS) is 11.8. The van der Waals surface area contributed by atoms with Crippen LogP contribution in [0.1, 0.15) is 13.8 Å². The highest BCUT2D eigenvalue weighted by atomic mass is 79.9. The van der Waals surface area contributed by atoms with Crippen molar-refractivity contribution in [2.45, 2.75) is 24.8 Å². The summed E-state index contributed by atoms with van der Waals surface area (Å²) in [6.07, 6.45) is 0. The van der Waals surface area contributed by atoms with Crippen molar-refractivity contribution in [3.8, 4) is 6.07 Å². The molecule has 0 heterocycles. The summed E-state index contributed by atoms with van der Waals surface area (Å²) >= 11 is 3.06. The number of hydrogen-bond acceptors (Lipinski definition) is 3. The molecule has 0 aliphatic rings. The summed E-state index contributed by atoms with van der Waals surface area (Å²) in [6.45, 7) is 2.95. The maximum atomic E-state index is 13.7. The second kappa shape index (κ2) is 5.78. The molecule has 0 aliphatic carbocycles. The first-order valence-corrected chi connectivity index (χ1v) is 7.38. The molecule has 98 valence electrons. The molecule has 0 N–H and O–H groups in total. The Bertz CT molecular complexity index is 581. The van der Waals surface area contributed by atoms with Crippen LogP contribution in [-0.2, 0) is 10.0 Å². The van der Waals surface area contributed by atoms with Crippen LogP contribution in [0, 0.1) is 17.1 Å². The highest BCUT2D eigenvalue weighted by Crippen LogP contribution is 2.23. The molecule has 1 aromatic carbocycles. The maximum absolute atomic E-state index is 13.7. The van der Waals surface area contributed by atoms with Crippen molar-refractivity contribution in [3.63, 3.8) is 0 Å². The summed E-state index contributed by atoms with van der Waals surface area (Å²) < 4.78 is 39.5. The predicted molar refractivity (Wildman–Crippen MR) is 68.7 cm³/mol. The van der Waals surface area contributed by atoms with Gasteiger partial charge in [0.2, 0.25) is 10.0 Å². The highest BCUT2D eigenvalue weighted by Gasteiger charge is 2.29. The molecule has 4 nitrogen and oxygen atoms in total. The lowest BCUT2D eigenvalue weighted by Gasteiger charge is -2.23. The Balaban J connectivity index is 3.32. The molecule has 0 amide bonds. The van der Waals surface area contributed by atoms with Gasteiger partial charge in [-0.15, -0.1) is 0 Å². The fourth-order valence-electron chi connectivity index (χ4n) is 1.43. The molecule has 1 aromatic rings. The lowest BCUT2D eigenvalue weighted by atomic mass is 10.3. The molecule has 0 bridgehead atoms. The third-order valence-corrected chi connectivity index (χ3v) is 4.83. The van der Waals surface area contributed by atoms with Gasteiger partial charge in [-0.3, -0.25) is 0 Å². The van der Waals surface area contributed by atoms with Gasteiger partial charge in [0.25, 0.3) is 0 Å². The van der Waals surface area contributed by atoms with Crippen LogP contribution in [0.4, 0.5) is 4.39 Å². The van der Waals surface area contributed by atoms with E-state index in [1.807, 2.05) is 0 Å². The number of nitrogens with zero attached hydrogens (tertiary/aromatic N) is 2. The first-order valence-electron chi connectivity index (χ1n) is 5.14. The van der Waals surface area contributed by atoms with Crippen molar-refractivity contribution in [1.82, 2.24) is 4.31 Å². The minimum atomic E-state index is -3.99. The lowest BCUT2D eigenvalue weighted by molar-refractivity contribution is 0.383. The molecule has 0 fully saturated rings. The Morgan fingerprint density at radius 1 is 1.50 bits per heavy atom. The second-order valence-electron chi connectivity index (χ2n) is 3.88. The van der Waals surface area contributed by atoms with Gasteiger partial charge in [0.1, 0.15) is 17.3 Å². The standard InChI is InChI=1S/C11H12BrFN2O2S/c1-8(2)15(6-5-14)18(16,17)11-4-3-9(12)7-10(11)13/h3-4,7-8H,6H2,1-2H3. The molecule has 0 aromatic heterocycles. The maximum Gasteiger partial charge on any atom is 0.247 e. The van der Waals surface area contributed by atoms with Crippen molar-refractivity contribution < 1.29 is 12.8 Å². The molecular weight excluding hydrogens is 323 g/mol. The van der Waals surface area contributed by atoms with Gasteiger partial charge in [-0.05, 0) is 32.0 Å². The van der Waals surface area contributed by atoms with E-state index < -0.39 is 26.8 Å². The van der Waals surface area contributed by atoms with Gasteiger partial charge in [0, 0.05) is 10.5 Å². The highest BCUT2D eigenvalue weighted by molar-refractivity contribution is 9.10. The van der Waals surface area contributed by atoms with Crippen LogP contribution in [0.5, 0.6) is 0 Å². The summed E-state index contributed by atoms with van der Waals surface area (Å²) in [5, 5.41) is 8.65. The Labute approximate surface area is 114 Å². The van der Waals surface area contributed by atoms with E-state index >= 15 is 0 Å². The minimum absolute atomic E-state index is 0.310. The van der Waals surface area contributed by atoms with Crippen LogP contribution < -0.4 is 0 Å². The number of hydrogen-bond donors (Lipinski definition) is 0. The molecule has 0 aliphatic heterocycles. The van der Waals surface area contributed by atoms with Crippen molar-refractivity contribution in [3.05, 3.63) is 28.5 Å². The van der Waals surface area contributed by atoms with E-state index in [-0.39, 0.29) is 6.54 Å². The van der Waals surface area contributed by atoms with E-state index in [0.717, 1.165) is 10.4 Å². The summed E-state index contributed by atoms with van der Waals surface area (Å²) in [6, 6.07) is 5.06. The van der Waals surface area contributed by atoms with Crippen LogP contribution in [0.15, 0.2) is 27.6 Å². The first-order chi connectivity index (χ1) is 8.30. The van der Waals surface area contributed by atoms with E-state index in [1.54, 1.807) is 19.9 Å². The molecule has 7 heteroatoms. The molecule has 0 spiro atoms. The average Bonchev–Trinajstić information content (AvgIpc) is 2.24. The molecule has 0 atom stereocenters. The summed E-state index contributed by atoms with van der Waals surface area (Å²) in [5.74, 6) is -0.840. The molecule has 0 saturated carbocycles. The number of halogens is 2. The van der Waals surface area contributed by atoms with Crippen LogP contribution in [0.2, 0.25) is 0 Å². The number of nitriles is 1. The molecule has 0 saturated heterocycles. The fourth-order valence-corrected chi connectivity index (χ4v) is 3.34. The zero-order chi connectivity index (χ0) is 13.9. The van der Waals surface area contributed by atoms with Gasteiger partial charge in [-0.2, -0.15) is 9.57 Å². The average molecular weight is 335 g/mol. The van der Waals surface area contributed by atoms with E-state index in [0.29, 0.717) is 4.47 Å². The number of rotatable bonds is 4. The molecule has 18 heavy (non-hydrogen) atoms. The Kier molecular flexibility index (Phi) is 4.85. The summed E-state index contributed by atoms with van der Waals surface area (Å²) in [4.78, 5) is -0.422. The monoisotopic (exact) mass is 334 g/mol. The van der Waals surface area contributed by atoms with Gasteiger partial charge in [-0.25, -0.2) is 12.8 Å². The molecule has 0 radical (unpaired) electrons. The van der Waals surface area contributed by atoms with Crippen molar-refractivity contribution in [2.75, 3.05) is 6.54 Å². The topological polar surface area (TPSA) is 61.2 Å². The molecule has 1 rings (SSSR count). The van der Waals surface area contributed by atoms with Gasteiger partial charge in [-0.1, -0.05) is 15.9 Å². The minimum Gasteiger partial charge on any atom is -0.207 e. The predicted octanol–water partition coefficient (Wildman–Crippen LogP) is 2.51.